The Hall–Kier alpha value is -1.44. The van der Waals surface area contributed by atoms with Crippen LogP contribution in [-0.4, -0.2) is 21.5 Å². The summed E-state index contributed by atoms with van der Waals surface area (Å²) >= 11 is 0. The molecule has 1 aromatic rings. The summed E-state index contributed by atoms with van der Waals surface area (Å²) in [6.45, 7) is 0. The number of sulfonamides is 1. The lowest BCUT2D eigenvalue weighted by Gasteiger charge is -2.03. The number of rotatable bonds is 4. The lowest BCUT2D eigenvalue weighted by Crippen LogP contribution is -2.30. The fourth-order valence-corrected chi connectivity index (χ4v) is 1.72. The zero-order valence-corrected chi connectivity index (χ0v) is 9.45. The van der Waals surface area contributed by atoms with Crippen molar-refractivity contribution in [2.75, 3.05) is 7.11 Å². The van der Waals surface area contributed by atoms with Gasteiger partial charge in [0.2, 0.25) is 0 Å². The van der Waals surface area contributed by atoms with E-state index in [-0.39, 0.29) is 17.3 Å². The highest BCUT2D eigenvalue weighted by atomic mass is 32.2. The summed E-state index contributed by atoms with van der Waals surface area (Å²) in [5, 5.41) is 0. The van der Waals surface area contributed by atoms with Crippen molar-refractivity contribution in [1.29, 1.82) is 0 Å². The Balaban J connectivity index is 2.88. The minimum Gasteiger partial charge on any atom is -0.469 e. The van der Waals surface area contributed by atoms with Crippen LogP contribution in [0.3, 0.4) is 0 Å². The number of methoxy groups -OCH3 is 1. The Labute approximate surface area is 93.4 Å². The summed E-state index contributed by atoms with van der Waals surface area (Å²) in [5.74, 6) is 4.48. The molecule has 0 aliphatic carbocycles. The predicted molar refractivity (Wildman–Crippen MR) is 56.7 cm³/mol. The number of carbonyl (C=O) groups is 1. The van der Waals surface area contributed by atoms with Crippen molar-refractivity contribution in [3.05, 3.63) is 29.8 Å². The molecule has 3 N–H and O–H groups in total. The molecule has 16 heavy (non-hydrogen) atoms. The fourth-order valence-electron chi connectivity index (χ4n) is 1.09. The molecule has 0 spiro atoms. The minimum absolute atomic E-state index is 0.0450. The van der Waals surface area contributed by atoms with Crippen LogP contribution in [0.5, 0.6) is 0 Å². The molecule has 0 unspecified atom stereocenters. The van der Waals surface area contributed by atoms with Gasteiger partial charge in [-0.1, -0.05) is 12.1 Å². The Kier molecular flexibility index (Phi) is 3.99. The Morgan fingerprint density at radius 3 is 2.38 bits per heavy atom. The van der Waals surface area contributed by atoms with Gasteiger partial charge in [-0.15, -0.1) is 0 Å². The Morgan fingerprint density at radius 2 is 1.94 bits per heavy atom. The van der Waals surface area contributed by atoms with E-state index >= 15 is 0 Å². The van der Waals surface area contributed by atoms with Crippen molar-refractivity contribution in [1.82, 2.24) is 4.83 Å². The molecule has 88 valence electrons. The average molecular weight is 244 g/mol. The summed E-state index contributed by atoms with van der Waals surface area (Å²) in [6.07, 6.45) is 0.104. The number of benzene rings is 1. The highest BCUT2D eigenvalue weighted by Gasteiger charge is 2.11. The van der Waals surface area contributed by atoms with E-state index in [1.807, 2.05) is 0 Å². The van der Waals surface area contributed by atoms with E-state index in [1.165, 1.54) is 31.4 Å². The number of nitrogens with one attached hydrogen (secondary N) is 1. The molecule has 0 saturated heterocycles. The van der Waals surface area contributed by atoms with Crippen molar-refractivity contribution in [3.8, 4) is 0 Å². The molecule has 0 heterocycles. The van der Waals surface area contributed by atoms with Crippen LogP contribution in [0.2, 0.25) is 0 Å². The molecule has 7 heteroatoms. The lowest BCUT2D eigenvalue weighted by atomic mass is 10.2. The number of hydrogen-bond acceptors (Lipinski definition) is 5. The van der Waals surface area contributed by atoms with Gasteiger partial charge in [-0.2, -0.15) is 4.83 Å². The van der Waals surface area contributed by atoms with Crippen LogP contribution in [-0.2, 0) is 26.0 Å². The van der Waals surface area contributed by atoms with Gasteiger partial charge in [-0.05, 0) is 17.7 Å². The van der Waals surface area contributed by atoms with Gasteiger partial charge in [0.1, 0.15) is 0 Å². The van der Waals surface area contributed by atoms with E-state index in [0.29, 0.717) is 5.56 Å². The first-order valence-corrected chi connectivity index (χ1v) is 5.86. The van der Waals surface area contributed by atoms with Crippen molar-refractivity contribution in [2.24, 2.45) is 5.84 Å². The van der Waals surface area contributed by atoms with Crippen LogP contribution in [0, 0.1) is 0 Å². The Bertz CT molecular complexity index is 467. The molecule has 0 saturated carbocycles. The first kappa shape index (κ1) is 12.6. The van der Waals surface area contributed by atoms with Crippen molar-refractivity contribution in [3.63, 3.8) is 0 Å². The summed E-state index contributed by atoms with van der Waals surface area (Å²) in [7, 11) is -2.35. The van der Waals surface area contributed by atoms with E-state index in [0.717, 1.165) is 0 Å². The Morgan fingerprint density at radius 1 is 1.38 bits per heavy atom. The average Bonchev–Trinajstić information content (AvgIpc) is 2.29. The number of hydrogen-bond donors (Lipinski definition) is 2. The van der Waals surface area contributed by atoms with E-state index in [4.69, 9.17) is 5.84 Å². The van der Waals surface area contributed by atoms with Crippen molar-refractivity contribution < 1.29 is 17.9 Å². The monoisotopic (exact) mass is 244 g/mol. The normalized spacial score (nSPS) is 11.1. The largest absolute Gasteiger partial charge is 0.469 e. The standard InChI is InChI=1S/C9H12N2O4S/c1-15-9(12)6-7-2-4-8(5-3-7)16(13,14)11-10/h2-5,11H,6,10H2,1H3. The number of nitrogens with two attached hydrogens (primary N) is 1. The molecule has 0 bridgehead atoms. The lowest BCUT2D eigenvalue weighted by molar-refractivity contribution is -0.139. The third kappa shape index (κ3) is 3.02. The zero-order valence-electron chi connectivity index (χ0n) is 8.64. The molecule has 0 aliphatic rings. The second kappa shape index (κ2) is 5.06. The summed E-state index contributed by atoms with van der Waals surface area (Å²) in [5.41, 5.74) is 0.669. The van der Waals surface area contributed by atoms with E-state index in [1.54, 1.807) is 4.83 Å². The van der Waals surface area contributed by atoms with Gasteiger partial charge < -0.3 is 4.74 Å². The first-order chi connectivity index (χ1) is 7.49. The topological polar surface area (TPSA) is 98.5 Å². The van der Waals surface area contributed by atoms with Gasteiger partial charge in [-0.3, -0.25) is 10.6 Å². The van der Waals surface area contributed by atoms with E-state index in [9.17, 15) is 13.2 Å². The predicted octanol–water partition coefficient (Wildman–Crippen LogP) is -0.446. The van der Waals surface area contributed by atoms with Crippen LogP contribution >= 0.6 is 0 Å². The van der Waals surface area contributed by atoms with Gasteiger partial charge in [-0.25, -0.2) is 8.42 Å². The van der Waals surface area contributed by atoms with Gasteiger partial charge >= 0.3 is 5.97 Å². The van der Waals surface area contributed by atoms with Gasteiger partial charge in [0, 0.05) is 0 Å². The third-order valence-electron chi connectivity index (χ3n) is 1.96. The molecular weight excluding hydrogens is 232 g/mol. The maximum Gasteiger partial charge on any atom is 0.309 e. The minimum atomic E-state index is -3.64. The SMILES string of the molecule is COC(=O)Cc1ccc(S(=O)(=O)NN)cc1. The number of hydrazine groups is 1. The molecule has 1 rings (SSSR count). The molecule has 1 aromatic carbocycles. The summed E-state index contributed by atoms with van der Waals surface area (Å²) < 4.78 is 27.0. The molecule has 0 radical (unpaired) electrons. The van der Waals surface area contributed by atoms with Gasteiger partial charge in [0.15, 0.2) is 0 Å². The molecule has 0 amide bonds. The van der Waals surface area contributed by atoms with E-state index in [2.05, 4.69) is 4.74 Å². The van der Waals surface area contributed by atoms with Crippen molar-refractivity contribution >= 4 is 16.0 Å². The maximum absolute atomic E-state index is 11.3. The highest BCUT2D eigenvalue weighted by molar-refractivity contribution is 7.89. The molecule has 6 nitrogen and oxygen atoms in total. The van der Waals surface area contributed by atoms with Crippen LogP contribution < -0.4 is 10.7 Å². The van der Waals surface area contributed by atoms with Crippen LogP contribution in [0.1, 0.15) is 5.56 Å². The second-order valence-corrected chi connectivity index (χ2v) is 4.73. The highest BCUT2D eigenvalue weighted by Crippen LogP contribution is 2.10. The molecule has 0 atom stereocenters. The van der Waals surface area contributed by atoms with Crippen molar-refractivity contribution in [2.45, 2.75) is 11.3 Å². The smallest absolute Gasteiger partial charge is 0.309 e. The number of esters is 1. The summed E-state index contributed by atoms with van der Waals surface area (Å²) in [6, 6.07) is 5.79. The van der Waals surface area contributed by atoms with Crippen LogP contribution in [0.25, 0.3) is 0 Å². The third-order valence-corrected chi connectivity index (χ3v) is 3.17. The number of carbonyl (C=O) groups excluding carboxylic acids is 1. The van der Waals surface area contributed by atoms with Gasteiger partial charge in [0.05, 0.1) is 18.4 Å². The second-order valence-electron chi connectivity index (χ2n) is 3.02. The molecule has 0 fully saturated rings. The van der Waals surface area contributed by atoms with Crippen LogP contribution in [0.4, 0.5) is 0 Å². The molecule has 0 aromatic heterocycles. The first-order valence-electron chi connectivity index (χ1n) is 4.38. The van der Waals surface area contributed by atoms with Crippen LogP contribution in [0.15, 0.2) is 29.2 Å². The molecule has 0 aliphatic heterocycles. The van der Waals surface area contributed by atoms with Gasteiger partial charge in [0.25, 0.3) is 10.0 Å². The number of ether oxygens (including phenoxy) is 1. The fraction of sp³-hybridized carbons (Fsp3) is 0.222. The quantitative estimate of drug-likeness (QED) is 0.425. The van der Waals surface area contributed by atoms with E-state index < -0.39 is 10.0 Å². The zero-order chi connectivity index (χ0) is 12.2. The maximum atomic E-state index is 11.3. The molecular formula is C9H12N2O4S. The summed E-state index contributed by atoms with van der Waals surface area (Å²) in [4.78, 5) is 12.7.